The summed E-state index contributed by atoms with van der Waals surface area (Å²) in [6.07, 6.45) is 5.28. The van der Waals surface area contributed by atoms with Gasteiger partial charge in [0, 0.05) is 40.6 Å². The van der Waals surface area contributed by atoms with Crippen LogP contribution in [0.4, 0.5) is 5.69 Å². The number of ketones is 1. The van der Waals surface area contributed by atoms with Crippen molar-refractivity contribution in [2.24, 2.45) is 5.92 Å². The van der Waals surface area contributed by atoms with Gasteiger partial charge in [-0.2, -0.15) is 0 Å². The van der Waals surface area contributed by atoms with E-state index in [0.29, 0.717) is 6.42 Å². The van der Waals surface area contributed by atoms with Crippen molar-refractivity contribution in [1.82, 2.24) is 5.32 Å². The molecular weight excluding hydrogens is 324 g/mol. The van der Waals surface area contributed by atoms with E-state index < -0.39 is 0 Å². The van der Waals surface area contributed by atoms with Crippen molar-refractivity contribution in [3.8, 4) is 0 Å². The molecule has 0 fully saturated rings. The maximum Gasteiger partial charge on any atom is 0.253 e. The summed E-state index contributed by atoms with van der Waals surface area (Å²) < 4.78 is 0. The van der Waals surface area contributed by atoms with Crippen molar-refractivity contribution in [3.63, 3.8) is 0 Å². The highest BCUT2D eigenvalue weighted by molar-refractivity contribution is 6.08. The number of hydrogen-bond donors (Lipinski definition) is 2. The molecule has 1 heterocycles. The molecule has 0 radical (unpaired) electrons. The Kier molecular flexibility index (Phi) is 5.60. The number of carbonyl (C=O) groups excluding carboxylic acids is 2. The summed E-state index contributed by atoms with van der Waals surface area (Å²) >= 11 is 0. The zero-order valence-electron chi connectivity index (χ0n) is 15.9. The summed E-state index contributed by atoms with van der Waals surface area (Å²) in [4.78, 5) is 25.8. The lowest BCUT2D eigenvalue weighted by Crippen LogP contribution is -2.36. The molecule has 2 N–H and O–H groups in total. The quantitative estimate of drug-likeness (QED) is 0.812. The van der Waals surface area contributed by atoms with Gasteiger partial charge in [0.2, 0.25) is 0 Å². The highest BCUT2D eigenvalue weighted by atomic mass is 16.2. The first kappa shape index (κ1) is 18.4. The lowest BCUT2D eigenvalue weighted by atomic mass is 9.76. The van der Waals surface area contributed by atoms with E-state index in [2.05, 4.69) is 17.6 Å². The second-order valence-corrected chi connectivity index (χ2v) is 7.30. The minimum absolute atomic E-state index is 0.0944. The molecule has 1 unspecified atom stereocenters. The predicted molar refractivity (Wildman–Crippen MR) is 105 cm³/mol. The average molecular weight is 352 g/mol. The molecule has 1 aromatic rings. The van der Waals surface area contributed by atoms with E-state index in [1.165, 1.54) is 0 Å². The van der Waals surface area contributed by atoms with E-state index in [-0.39, 0.29) is 17.6 Å². The third-order valence-electron chi connectivity index (χ3n) is 5.38. The fourth-order valence-corrected chi connectivity index (χ4v) is 4.03. The maximum absolute atomic E-state index is 13.1. The van der Waals surface area contributed by atoms with Gasteiger partial charge in [0.25, 0.3) is 5.91 Å². The SMILES string of the molecule is CCCCC1C(C(=O)Nc2ccccc2C)=C(C)NC2=C1C(=O)CCC2. The van der Waals surface area contributed by atoms with E-state index in [1.54, 1.807) is 0 Å². The Labute approximate surface area is 155 Å². The largest absolute Gasteiger partial charge is 0.362 e. The molecule has 2 aliphatic rings. The van der Waals surface area contributed by atoms with Crippen LogP contribution in [-0.2, 0) is 9.59 Å². The number of carbonyl (C=O) groups is 2. The van der Waals surface area contributed by atoms with Crippen molar-refractivity contribution in [2.75, 3.05) is 5.32 Å². The topological polar surface area (TPSA) is 58.2 Å². The number of dihydropyridines is 1. The number of unbranched alkanes of at least 4 members (excludes halogenated alkanes) is 1. The van der Waals surface area contributed by atoms with E-state index >= 15 is 0 Å². The van der Waals surface area contributed by atoms with E-state index in [9.17, 15) is 9.59 Å². The number of aryl methyl sites for hydroxylation is 1. The molecule has 138 valence electrons. The van der Waals surface area contributed by atoms with Crippen LogP contribution in [0.5, 0.6) is 0 Å². The molecule has 1 amide bonds. The van der Waals surface area contributed by atoms with Gasteiger partial charge < -0.3 is 10.6 Å². The fourth-order valence-electron chi connectivity index (χ4n) is 4.03. The van der Waals surface area contributed by atoms with Crippen molar-refractivity contribution in [1.29, 1.82) is 0 Å². The molecule has 4 heteroatoms. The van der Waals surface area contributed by atoms with E-state index in [0.717, 1.165) is 65.9 Å². The third-order valence-corrected chi connectivity index (χ3v) is 5.38. The number of allylic oxidation sites excluding steroid dienone is 3. The fraction of sp³-hybridized carbons (Fsp3) is 0.455. The van der Waals surface area contributed by atoms with Crippen LogP contribution < -0.4 is 10.6 Å². The van der Waals surface area contributed by atoms with Crippen molar-refractivity contribution in [2.45, 2.75) is 59.3 Å². The highest BCUT2D eigenvalue weighted by Crippen LogP contribution is 2.39. The van der Waals surface area contributed by atoms with Gasteiger partial charge in [0.1, 0.15) is 0 Å². The lowest BCUT2D eigenvalue weighted by Gasteiger charge is -2.34. The Morgan fingerprint density at radius 2 is 2.00 bits per heavy atom. The Morgan fingerprint density at radius 3 is 2.73 bits per heavy atom. The molecule has 1 aromatic carbocycles. The molecule has 3 rings (SSSR count). The van der Waals surface area contributed by atoms with Crippen molar-refractivity contribution < 1.29 is 9.59 Å². The highest BCUT2D eigenvalue weighted by Gasteiger charge is 2.36. The second-order valence-electron chi connectivity index (χ2n) is 7.30. The summed E-state index contributed by atoms with van der Waals surface area (Å²) in [6.45, 7) is 6.08. The smallest absolute Gasteiger partial charge is 0.253 e. The van der Waals surface area contributed by atoms with E-state index in [1.807, 2.05) is 38.1 Å². The minimum atomic E-state index is -0.102. The van der Waals surface area contributed by atoms with Crippen LogP contribution in [0, 0.1) is 12.8 Å². The maximum atomic E-state index is 13.1. The van der Waals surface area contributed by atoms with Gasteiger partial charge in [-0.25, -0.2) is 0 Å². The van der Waals surface area contributed by atoms with Crippen molar-refractivity contribution >= 4 is 17.4 Å². The Balaban J connectivity index is 1.93. The number of para-hydroxylation sites is 1. The lowest BCUT2D eigenvalue weighted by molar-refractivity contribution is -0.116. The summed E-state index contributed by atoms with van der Waals surface area (Å²) in [6, 6.07) is 7.77. The standard InChI is InChI=1S/C22H28N2O2/c1-4-5-10-16-20(22(26)24-17-11-7-6-9-14(17)2)15(3)23-18-12-8-13-19(25)21(16)18/h6-7,9,11,16,23H,4-5,8,10,12-13H2,1-3H3,(H,24,26). The molecule has 1 aliphatic carbocycles. The first-order valence-corrected chi connectivity index (χ1v) is 9.64. The van der Waals surface area contributed by atoms with Gasteiger partial charge in [-0.1, -0.05) is 38.0 Å². The van der Waals surface area contributed by atoms with Gasteiger partial charge in [-0.15, -0.1) is 0 Å². The monoisotopic (exact) mass is 352 g/mol. The number of benzene rings is 1. The van der Waals surface area contributed by atoms with Crippen molar-refractivity contribution in [3.05, 3.63) is 52.4 Å². The molecule has 0 spiro atoms. The zero-order chi connectivity index (χ0) is 18.7. The molecule has 1 atom stereocenters. The molecule has 4 nitrogen and oxygen atoms in total. The van der Waals surface area contributed by atoms with Crippen LogP contribution in [0.15, 0.2) is 46.8 Å². The Hall–Kier alpha value is -2.36. The molecule has 0 saturated heterocycles. The van der Waals surface area contributed by atoms with Crippen LogP contribution in [0.1, 0.15) is 57.9 Å². The van der Waals surface area contributed by atoms with Crippen LogP contribution in [0.25, 0.3) is 0 Å². The molecule has 26 heavy (non-hydrogen) atoms. The van der Waals surface area contributed by atoms with Crippen LogP contribution in [0.3, 0.4) is 0 Å². The Bertz CT molecular complexity index is 789. The summed E-state index contributed by atoms with van der Waals surface area (Å²) in [7, 11) is 0. The number of rotatable bonds is 5. The third kappa shape index (κ3) is 3.59. The summed E-state index contributed by atoms with van der Waals surface area (Å²) in [5.41, 5.74) is 5.34. The number of amides is 1. The number of hydrogen-bond acceptors (Lipinski definition) is 3. The molecule has 0 saturated carbocycles. The first-order chi connectivity index (χ1) is 12.5. The molecular formula is C22H28N2O2. The van der Waals surface area contributed by atoms with Gasteiger partial charge in [0.05, 0.1) is 0 Å². The zero-order valence-corrected chi connectivity index (χ0v) is 15.9. The molecule has 0 aromatic heterocycles. The van der Waals surface area contributed by atoms with Gasteiger partial charge >= 0.3 is 0 Å². The number of Topliss-reactive ketones (excluding diaryl/α,β-unsaturated/α-hetero) is 1. The number of anilines is 1. The Morgan fingerprint density at radius 1 is 1.23 bits per heavy atom. The summed E-state index contributed by atoms with van der Waals surface area (Å²) in [5.74, 6) is 0.00638. The normalized spacial score (nSPS) is 20.0. The van der Waals surface area contributed by atoms with Crippen LogP contribution >= 0.6 is 0 Å². The van der Waals surface area contributed by atoms with E-state index in [4.69, 9.17) is 0 Å². The summed E-state index contributed by atoms with van der Waals surface area (Å²) in [5, 5.41) is 6.42. The van der Waals surface area contributed by atoms with Gasteiger partial charge in [0.15, 0.2) is 5.78 Å². The molecule has 0 bridgehead atoms. The van der Waals surface area contributed by atoms with Crippen LogP contribution in [-0.4, -0.2) is 11.7 Å². The minimum Gasteiger partial charge on any atom is -0.362 e. The predicted octanol–water partition coefficient (Wildman–Crippen LogP) is 4.62. The number of nitrogens with one attached hydrogen (secondary N) is 2. The van der Waals surface area contributed by atoms with Gasteiger partial charge in [-0.05, 0) is 44.7 Å². The average Bonchev–Trinajstić information content (AvgIpc) is 2.61. The van der Waals surface area contributed by atoms with Gasteiger partial charge in [-0.3, -0.25) is 9.59 Å². The molecule has 1 aliphatic heterocycles. The van der Waals surface area contributed by atoms with Crippen LogP contribution in [0.2, 0.25) is 0 Å². The second kappa shape index (κ2) is 7.90. The first-order valence-electron chi connectivity index (χ1n) is 9.64.